The molecule has 1 heterocycles. The van der Waals surface area contributed by atoms with Crippen LogP contribution >= 0.6 is 0 Å². The van der Waals surface area contributed by atoms with E-state index in [0.717, 1.165) is 25.7 Å². The molecular weight excluding hydrogens is 286 g/mol. The van der Waals surface area contributed by atoms with E-state index in [1.54, 1.807) is 7.11 Å². The lowest BCUT2D eigenvalue weighted by atomic mass is 9.88. The maximum absolute atomic E-state index is 14.1. The van der Waals surface area contributed by atoms with Crippen LogP contribution < -0.4 is 0 Å². The van der Waals surface area contributed by atoms with Crippen molar-refractivity contribution >= 4 is 0 Å². The van der Waals surface area contributed by atoms with Crippen LogP contribution in [0.5, 0.6) is 0 Å². The molecule has 0 bridgehead atoms. The second-order valence-corrected chi connectivity index (χ2v) is 5.32. The zero-order chi connectivity index (χ0) is 15.5. The van der Waals surface area contributed by atoms with Crippen LogP contribution in [0.25, 0.3) is 0 Å². The first-order valence-corrected chi connectivity index (χ1v) is 7.00. The number of rotatable bonds is 4. The molecule has 21 heavy (non-hydrogen) atoms. The van der Waals surface area contributed by atoms with Crippen LogP contribution in [0.3, 0.4) is 0 Å². The van der Waals surface area contributed by atoms with Crippen molar-refractivity contribution in [2.24, 2.45) is 0 Å². The zero-order valence-electron chi connectivity index (χ0n) is 11.9. The topological polar surface area (TPSA) is 12.5 Å². The van der Waals surface area contributed by atoms with Gasteiger partial charge in [-0.2, -0.15) is 13.2 Å². The van der Waals surface area contributed by atoms with E-state index in [4.69, 9.17) is 4.74 Å². The molecule has 0 amide bonds. The fourth-order valence-corrected chi connectivity index (χ4v) is 2.77. The average molecular weight is 305 g/mol. The molecule has 118 valence electrons. The van der Waals surface area contributed by atoms with Crippen molar-refractivity contribution in [1.29, 1.82) is 0 Å². The minimum atomic E-state index is -4.64. The van der Waals surface area contributed by atoms with Crippen molar-refractivity contribution in [3.63, 3.8) is 0 Å². The van der Waals surface area contributed by atoms with Crippen molar-refractivity contribution in [2.45, 2.75) is 24.9 Å². The minimum absolute atomic E-state index is 0.147. The van der Waals surface area contributed by atoms with E-state index in [9.17, 15) is 17.6 Å². The van der Waals surface area contributed by atoms with Gasteiger partial charge in [-0.05, 0) is 43.5 Å². The number of piperidine rings is 1. The lowest BCUT2D eigenvalue weighted by Crippen LogP contribution is -2.35. The standard InChI is InChI=1S/C15H19F4NO/c1-21-10-9-20-7-5-11(6-8-20)12-3-2-4-13(14(12)16)15(17,18)19/h2-4,11H,5-10H2,1H3. The first-order chi connectivity index (χ1) is 9.93. The molecule has 2 rings (SSSR count). The van der Waals surface area contributed by atoms with Crippen molar-refractivity contribution in [3.8, 4) is 0 Å². The molecule has 0 atom stereocenters. The Morgan fingerprint density at radius 2 is 1.90 bits per heavy atom. The van der Waals surface area contributed by atoms with E-state index in [1.165, 1.54) is 12.1 Å². The van der Waals surface area contributed by atoms with Crippen LogP contribution in [-0.2, 0) is 10.9 Å². The summed E-state index contributed by atoms with van der Waals surface area (Å²) in [7, 11) is 1.63. The Balaban J connectivity index is 2.07. The normalized spacial score (nSPS) is 18.1. The summed E-state index contributed by atoms with van der Waals surface area (Å²) in [4.78, 5) is 2.19. The molecule has 1 aromatic carbocycles. The van der Waals surface area contributed by atoms with Gasteiger partial charge in [0.15, 0.2) is 0 Å². The Bertz CT molecular complexity index is 467. The van der Waals surface area contributed by atoms with Crippen molar-refractivity contribution in [1.82, 2.24) is 4.90 Å². The lowest BCUT2D eigenvalue weighted by molar-refractivity contribution is -0.140. The Hall–Kier alpha value is -1.14. The van der Waals surface area contributed by atoms with E-state index in [2.05, 4.69) is 4.90 Å². The van der Waals surface area contributed by atoms with Crippen LogP contribution in [-0.4, -0.2) is 38.3 Å². The Kier molecular flexibility index (Phi) is 5.22. The zero-order valence-corrected chi connectivity index (χ0v) is 11.9. The first kappa shape index (κ1) is 16.2. The summed E-state index contributed by atoms with van der Waals surface area (Å²) in [5.74, 6) is -1.26. The van der Waals surface area contributed by atoms with Gasteiger partial charge >= 0.3 is 6.18 Å². The smallest absolute Gasteiger partial charge is 0.383 e. The quantitative estimate of drug-likeness (QED) is 0.787. The van der Waals surface area contributed by atoms with Crippen LogP contribution in [0.1, 0.15) is 29.9 Å². The predicted octanol–water partition coefficient (Wildman–Crippen LogP) is 3.67. The molecule has 0 N–H and O–H groups in total. The van der Waals surface area contributed by atoms with E-state index < -0.39 is 17.6 Å². The molecule has 1 fully saturated rings. The number of hydrogen-bond acceptors (Lipinski definition) is 2. The van der Waals surface area contributed by atoms with Gasteiger partial charge in [-0.1, -0.05) is 12.1 Å². The number of halogens is 4. The van der Waals surface area contributed by atoms with E-state index in [1.807, 2.05) is 0 Å². The maximum atomic E-state index is 14.1. The van der Waals surface area contributed by atoms with Crippen LogP contribution in [0.15, 0.2) is 18.2 Å². The molecule has 0 unspecified atom stereocenters. The number of likely N-dealkylation sites (tertiary alicyclic amines) is 1. The molecular formula is C15H19F4NO. The van der Waals surface area contributed by atoms with Gasteiger partial charge in [0.05, 0.1) is 12.2 Å². The summed E-state index contributed by atoms with van der Waals surface area (Å²) in [6.07, 6.45) is -3.30. The molecule has 0 spiro atoms. The molecule has 0 saturated carbocycles. The number of benzene rings is 1. The first-order valence-electron chi connectivity index (χ1n) is 7.00. The highest BCUT2D eigenvalue weighted by Gasteiger charge is 2.36. The van der Waals surface area contributed by atoms with Gasteiger partial charge in [0.2, 0.25) is 0 Å². The average Bonchev–Trinajstić information content (AvgIpc) is 2.45. The van der Waals surface area contributed by atoms with Gasteiger partial charge in [-0.25, -0.2) is 4.39 Å². The fraction of sp³-hybridized carbons (Fsp3) is 0.600. The number of methoxy groups -OCH3 is 1. The number of ether oxygens (including phenoxy) is 1. The van der Waals surface area contributed by atoms with Gasteiger partial charge in [-0.3, -0.25) is 0 Å². The number of nitrogens with zero attached hydrogens (tertiary/aromatic N) is 1. The molecule has 1 aromatic rings. The molecule has 0 aliphatic carbocycles. The van der Waals surface area contributed by atoms with Gasteiger partial charge < -0.3 is 9.64 Å². The highest BCUT2D eigenvalue weighted by atomic mass is 19.4. The summed E-state index contributed by atoms with van der Waals surface area (Å²) < 4.78 is 57.3. The van der Waals surface area contributed by atoms with Crippen molar-refractivity contribution < 1.29 is 22.3 Å². The summed E-state index contributed by atoms with van der Waals surface area (Å²) >= 11 is 0. The highest BCUT2D eigenvalue weighted by Crippen LogP contribution is 2.36. The van der Waals surface area contributed by atoms with E-state index >= 15 is 0 Å². The number of hydrogen-bond donors (Lipinski definition) is 0. The summed E-state index contributed by atoms with van der Waals surface area (Å²) in [5, 5.41) is 0. The third-order valence-electron chi connectivity index (χ3n) is 3.97. The van der Waals surface area contributed by atoms with Gasteiger partial charge in [0.1, 0.15) is 5.82 Å². The van der Waals surface area contributed by atoms with Crippen molar-refractivity contribution in [3.05, 3.63) is 35.1 Å². The van der Waals surface area contributed by atoms with Crippen LogP contribution in [0, 0.1) is 5.82 Å². The number of alkyl halides is 3. The van der Waals surface area contributed by atoms with Crippen LogP contribution in [0.4, 0.5) is 17.6 Å². The summed E-state index contributed by atoms with van der Waals surface area (Å²) in [6, 6.07) is 3.56. The van der Waals surface area contributed by atoms with E-state index in [-0.39, 0.29) is 11.5 Å². The predicted molar refractivity (Wildman–Crippen MR) is 71.7 cm³/mol. The SMILES string of the molecule is COCCN1CCC(c2cccc(C(F)(F)F)c2F)CC1. The maximum Gasteiger partial charge on any atom is 0.419 e. The molecule has 1 aliphatic heterocycles. The second-order valence-electron chi connectivity index (χ2n) is 5.32. The molecule has 0 radical (unpaired) electrons. The Labute approximate surface area is 121 Å². The minimum Gasteiger partial charge on any atom is -0.383 e. The van der Waals surface area contributed by atoms with Crippen LogP contribution in [0.2, 0.25) is 0 Å². The van der Waals surface area contributed by atoms with Crippen molar-refractivity contribution in [2.75, 3.05) is 33.4 Å². The lowest BCUT2D eigenvalue weighted by Gasteiger charge is -2.32. The highest BCUT2D eigenvalue weighted by molar-refractivity contribution is 5.31. The van der Waals surface area contributed by atoms with E-state index in [0.29, 0.717) is 19.4 Å². The molecule has 2 nitrogen and oxygen atoms in total. The molecule has 0 aromatic heterocycles. The molecule has 1 aliphatic rings. The second kappa shape index (κ2) is 6.75. The molecule has 1 saturated heterocycles. The van der Waals surface area contributed by atoms with Gasteiger partial charge in [0.25, 0.3) is 0 Å². The monoisotopic (exact) mass is 305 g/mol. The fourth-order valence-electron chi connectivity index (χ4n) is 2.77. The van der Waals surface area contributed by atoms with Gasteiger partial charge in [-0.15, -0.1) is 0 Å². The summed E-state index contributed by atoms with van der Waals surface area (Å²) in [5.41, 5.74) is -0.974. The largest absolute Gasteiger partial charge is 0.419 e. The Morgan fingerprint density at radius 1 is 1.24 bits per heavy atom. The third kappa shape index (κ3) is 3.95. The summed E-state index contributed by atoms with van der Waals surface area (Å²) in [6.45, 7) is 2.93. The Morgan fingerprint density at radius 3 is 2.48 bits per heavy atom. The third-order valence-corrected chi connectivity index (χ3v) is 3.97. The molecule has 6 heteroatoms. The van der Waals surface area contributed by atoms with Gasteiger partial charge in [0, 0.05) is 13.7 Å².